The van der Waals surface area contributed by atoms with Gasteiger partial charge in [-0.15, -0.1) is 0 Å². The number of carbonyl (C=O) groups excluding carboxylic acids is 1. The summed E-state index contributed by atoms with van der Waals surface area (Å²) in [5.74, 6) is 0. The maximum Gasteiger partial charge on any atom is 0.150 e. The first-order chi connectivity index (χ1) is 5.74. The van der Waals surface area contributed by atoms with Crippen LogP contribution in [0, 0.1) is 0 Å². The average Bonchev–Trinajstić information content (AvgIpc) is 2.04. The second-order valence-corrected chi connectivity index (χ2v) is 2.99. The van der Waals surface area contributed by atoms with Crippen LogP contribution >= 0.6 is 0 Å². The predicted molar refractivity (Wildman–Crippen MR) is 49.7 cm³/mol. The monoisotopic (exact) mass is 163 g/mol. The molecule has 0 spiro atoms. The van der Waals surface area contributed by atoms with Crippen molar-refractivity contribution in [3.63, 3.8) is 0 Å². The molecule has 0 amide bonds. The zero-order chi connectivity index (χ0) is 8.97. The van der Waals surface area contributed by atoms with E-state index in [1.807, 2.05) is 43.4 Å². The van der Waals surface area contributed by atoms with E-state index in [4.69, 9.17) is 0 Å². The van der Waals surface area contributed by atoms with E-state index in [0.717, 1.165) is 23.9 Å². The molecule has 64 valence electrons. The second kappa shape index (κ2) is 3.90. The van der Waals surface area contributed by atoms with Gasteiger partial charge in [-0.25, -0.2) is 0 Å². The van der Waals surface area contributed by atoms with E-state index in [9.17, 15) is 4.79 Å². The topological polar surface area (TPSA) is 20.3 Å². The average molecular weight is 163 g/mol. The molecule has 0 aliphatic heterocycles. The molecule has 0 aromatic rings. The molecule has 0 atom stereocenters. The van der Waals surface area contributed by atoms with Gasteiger partial charge >= 0.3 is 0 Å². The third kappa shape index (κ3) is 2.09. The lowest BCUT2D eigenvalue weighted by molar-refractivity contribution is -0.104. The summed E-state index contributed by atoms with van der Waals surface area (Å²) in [6.45, 7) is 0. The van der Waals surface area contributed by atoms with Crippen LogP contribution < -0.4 is 0 Å². The van der Waals surface area contributed by atoms with Crippen LogP contribution in [0.15, 0.2) is 35.6 Å². The largest absolute Gasteiger partial charge is 0.383 e. The molecule has 0 bridgehead atoms. The van der Waals surface area contributed by atoms with E-state index in [-0.39, 0.29) is 0 Å². The van der Waals surface area contributed by atoms with Gasteiger partial charge in [0.15, 0.2) is 0 Å². The van der Waals surface area contributed by atoms with Gasteiger partial charge in [0, 0.05) is 25.9 Å². The molecular formula is C10H13NO. The number of aldehydes is 1. The van der Waals surface area contributed by atoms with E-state index in [2.05, 4.69) is 0 Å². The molecular weight excluding hydrogens is 150 g/mol. The van der Waals surface area contributed by atoms with Crippen molar-refractivity contribution < 1.29 is 4.79 Å². The Balaban J connectivity index is 2.86. The minimum absolute atomic E-state index is 0.784. The fraction of sp³-hybridized carbons (Fsp3) is 0.300. The van der Waals surface area contributed by atoms with Gasteiger partial charge in [0.1, 0.15) is 6.29 Å². The molecule has 0 N–H and O–H groups in total. The summed E-state index contributed by atoms with van der Waals surface area (Å²) in [7, 11) is 3.90. The molecule has 0 aromatic carbocycles. The highest BCUT2D eigenvalue weighted by Gasteiger charge is 2.04. The number of hydrogen-bond acceptors (Lipinski definition) is 2. The van der Waals surface area contributed by atoms with Gasteiger partial charge in [0.25, 0.3) is 0 Å². The predicted octanol–water partition coefficient (Wildman–Crippen LogP) is 1.52. The van der Waals surface area contributed by atoms with Crippen LogP contribution in [0.25, 0.3) is 0 Å². The van der Waals surface area contributed by atoms with Crippen LogP contribution in [0.5, 0.6) is 0 Å². The Labute approximate surface area is 72.9 Å². The van der Waals surface area contributed by atoms with Crippen molar-refractivity contribution in [1.29, 1.82) is 0 Å². The lowest BCUT2D eigenvalue weighted by atomic mass is 10.0. The molecule has 0 saturated carbocycles. The lowest BCUT2D eigenvalue weighted by Gasteiger charge is -2.12. The number of allylic oxidation sites excluding steroid dienone is 5. The van der Waals surface area contributed by atoms with Gasteiger partial charge in [-0.2, -0.15) is 0 Å². The molecule has 0 fully saturated rings. The molecule has 0 saturated heterocycles. The standard InChI is InChI=1S/C10H13NO/c1-11(2)7-9-5-3-4-6-10(9)8-12/h3-4,6-8H,5H2,1-2H3. The molecule has 2 nitrogen and oxygen atoms in total. The van der Waals surface area contributed by atoms with E-state index in [1.165, 1.54) is 0 Å². The van der Waals surface area contributed by atoms with Gasteiger partial charge in [0.2, 0.25) is 0 Å². The molecule has 12 heavy (non-hydrogen) atoms. The summed E-state index contributed by atoms with van der Waals surface area (Å²) < 4.78 is 0. The Bertz CT molecular complexity index is 259. The number of carbonyl (C=O) groups is 1. The Hall–Kier alpha value is -1.31. The third-order valence-electron chi connectivity index (χ3n) is 1.66. The number of nitrogens with zero attached hydrogens (tertiary/aromatic N) is 1. The summed E-state index contributed by atoms with van der Waals surface area (Å²) in [6.07, 6.45) is 9.52. The van der Waals surface area contributed by atoms with Crippen molar-refractivity contribution in [3.8, 4) is 0 Å². The fourth-order valence-electron chi connectivity index (χ4n) is 1.15. The van der Waals surface area contributed by atoms with Crippen LogP contribution in [0.1, 0.15) is 6.42 Å². The molecule has 0 unspecified atom stereocenters. The van der Waals surface area contributed by atoms with Gasteiger partial charge in [-0.05, 0) is 12.0 Å². The fourth-order valence-corrected chi connectivity index (χ4v) is 1.15. The van der Waals surface area contributed by atoms with Gasteiger partial charge < -0.3 is 4.90 Å². The SMILES string of the molecule is CN(C)C=C1CC=CC=C1C=O. The molecule has 0 radical (unpaired) electrons. The zero-order valence-corrected chi connectivity index (χ0v) is 7.45. The summed E-state index contributed by atoms with van der Waals surface area (Å²) >= 11 is 0. The minimum Gasteiger partial charge on any atom is -0.383 e. The second-order valence-electron chi connectivity index (χ2n) is 2.99. The van der Waals surface area contributed by atoms with Crippen LogP contribution in [0.4, 0.5) is 0 Å². The zero-order valence-electron chi connectivity index (χ0n) is 7.45. The van der Waals surface area contributed by atoms with Crippen molar-refractivity contribution >= 4 is 6.29 Å². The van der Waals surface area contributed by atoms with E-state index >= 15 is 0 Å². The normalized spacial score (nSPS) is 19.2. The Morgan fingerprint density at radius 3 is 2.83 bits per heavy atom. The Morgan fingerprint density at radius 1 is 1.50 bits per heavy atom. The number of rotatable bonds is 2. The maximum atomic E-state index is 10.6. The highest BCUT2D eigenvalue weighted by molar-refractivity contribution is 5.81. The molecule has 1 aliphatic carbocycles. The molecule has 2 heteroatoms. The first-order valence-corrected chi connectivity index (χ1v) is 3.93. The maximum absolute atomic E-state index is 10.6. The quantitative estimate of drug-likeness (QED) is 0.575. The Morgan fingerprint density at radius 2 is 2.25 bits per heavy atom. The van der Waals surface area contributed by atoms with Gasteiger partial charge in [-0.3, -0.25) is 4.79 Å². The van der Waals surface area contributed by atoms with Gasteiger partial charge in [-0.1, -0.05) is 18.2 Å². The smallest absolute Gasteiger partial charge is 0.150 e. The van der Waals surface area contributed by atoms with Crippen molar-refractivity contribution in [2.75, 3.05) is 14.1 Å². The van der Waals surface area contributed by atoms with E-state index in [0.29, 0.717) is 0 Å². The molecule has 1 aliphatic rings. The van der Waals surface area contributed by atoms with Crippen molar-refractivity contribution in [2.24, 2.45) is 0 Å². The van der Waals surface area contributed by atoms with Crippen LogP contribution in [-0.2, 0) is 4.79 Å². The third-order valence-corrected chi connectivity index (χ3v) is 1.66. The van der Waals surface area contributed by atoms with E-state index < -0.39 is 0 Å². The van der Waals surface area contributed by atoms with Gasteiger partial charge in [0.05, 0.1) is 0 Å². The lowest BCUT2D eigenvalue weighted by Crippen LogP contribution is -2.05. The van der Waals surface area contributed by atoms with E-state index in [1.54, 1.807) is 0 Å². The molecule has 0 aromatic heterocycles. The highest BCUT2D eigenvalue weighted by Crippen LogP contribution is 2.17. The van der Waals surface area contributed by atoms with Crippen LogP contribution in [0.2, 0.25) is 0 Å². The summed E-state index contributed by atoms with van der Waals surface area (Å²) in [5, 5.41) is 0. The Kier molecular flexibility index (Phi) is 2.86. The summed E-state index contributed by atoms with van der Waals surface area (Å²) in [5.41, 5.74) is 1.86. The first-order valence-electron chi connectivity index (χ1n) is 3.93. The summed E-state index contributed by atoms with van der Waals surface area (Å²) in [4.78, 5) is 12.5. The van der Waals surface area contributed by atoms with Crippen molar-refractivity contribution in [2.45, 2.75) is 6.42 Å². The molecule has 0 heterocycles. The van der Waals surface area contributed by atoms with Crippen LogP contribution in [0.3, 0.4) is 0 Å². The van der Waals surface area contributed by atoms with Crippen LogP contribution in [-0.4, -0.2) is 25.3 Å². The first kappa shape index (κ1) is 8.78. The highest BCUT2D eigenvalue weighted by atomic mass is 16.1. The molecule has 1 rings (SSSR count). The van der Waals surface area contributed by atoms with Crippen molar-refractivity contribution in [1.82, 2.24) is 4.90 Å². The summed E-state index contributed by atoms with van der Waals surface area (Å²) in [6, 6.07) is 0. The van der Waals surface area contributed by atoms with Crippen molar-refractivity contribution in [3.05, 3.63) is 35.6 Å². The number of hydrogen-bond donors (Lipinski definition) is 0. The minimum atomic E-state index is 0.784.